The van der Waals surface area contributed by atoms with Gasteiger partial charge in [0.15, 0.2) is 22.9 Å². The second-order valence-electron chi connectivity index (χ2n) is 11.7. The molecule has 47 heavy (non-hydrogen) atoms. The Balaban J connectivity index is 0.000000156. The van der Waals surface area contributed by atoms with Crippen LogP contribution in [0.4, 0.5) is 27.8 Å². The number of carbonyl (C=O) groups excluding carboxylic acids is 1. The van der Waals surface area contributed by atoms with E-state index in [-0.39, 0.29) is 0 Å². The van der Waals surface area contributed by atoms with Gasteiger partial charge in [-0.25, -0.2) is 28.7 Å². The van der Waals surface area contributed by atoms with Crippen LogP contribution in [0.3, 0.4) is 0 Å². The molecule has 0 unspecified atom stereocenters. The van der Waals surface area contributed by atoms with Crippen LogP contribution in [0.5, 0.6) is 0 Å². The Hall–Kier alpha value is -4.39. The van der Waals surface area contributed by atoms with Crippen molar-refractivity contribution in [3.05, 3.63) is 69.6 Å². The second-order valence-corrected chi connectivity index (χ2v) is 13.5. The molecule has 0 atom stereocenters. The van der Waals surface area contributed by atoms with Crippen LogP contribution in [-0.4, -0.2) is 73.7 Å². The second kappa shape index (κ2) is 12.7. The van der Waals surface area contributed by atoms with Crippen molar-refractivity contribution in [3.63, 3.8) is 0 Å². The zero-order chi connectivity index (χ0) is 32.7. The van der Waals surface area contributed by atoms with Crippen molar-refractivity contribution in [2.45, 2.75) is 52.7 Å². The van der Waals surface area contributed by atoms with Gasteiger partial charge in [0.2, 0.25) is 0 Å². The average Bonchev–Trinajstić information content (AvgIpc) is 3.81. The monoisotopic (exact) mass is 768 g/mol. The molecule has 0 aromatic carbocycles. The molecule has 0 fully saturated rings. The Morgan fingerprint density at radius 1 is 0.872 bits per heavy atom. The molecule has 0 spiro atoms. The lowest BCUT2D eigenvalue weighted by atomic mass is 10.2. The molecule has 0 saturated heterocycles. The predicted octanol–water partition coefficient (Wildman–Crippen LogP) is 5.25. The molecule has 2 aliphatic rings. The summed E-state index contributed by atoms with van der Waals surface area (Å²) in [4.78, 5) is 23.1. The molecule has 0 aliphatic carbocycles. The molecule has 244 valence electrons. The number of rotatable bonds is 4. The number of amides is 1. The van der Waals surface area contributed by atoms with E-state index in [1.165, 1.54) is 17.6 Å². The minimum atomic E-state index is -0.659. The highest BCUT2D eigenvalue weighted by Gasteiger charge is 2.30. The van der Waals surface area contributed by atoms with E-state index < -0.39 is 11.7 Å². The van der Waals surface area contributed by atoms with Crippen LogP contribution < -0.4 is 10.2 Å². The number of pyridine rings is 2. The standard InChI is InChI=1S/C17H19BrN6O3.C12H11BrN6O/c1-17(2,3)27-16(25)24(14-7-12-9-26-5-4-22(12)21-14)13-6-11(18)8-23-15(13)19-10-20-23;13-8-3-10(12-14-7-15-19(12)5-8)16-11-4-9-6-20-2-1-18(9)17-11/h6-8,10H,4-5,9H2,1-3H3;3-5,7H,1-2,6H2,(H,16,17). The summed E-state index contributed by atoms with van der Waals surface area (Å²) in [6, 6.07) is 7.57. The Morgan fingerprint density at radius 2 is 1.49 bits per heavy atom. The maximum Gasteiger partial charge on any atom is 0.420 e. The number of hydrogen-bond donors (Lipinski definition) is 1. The van der Waals surface area contributed by atoms with Crippen molar-refractivity contribution < 1.29 is 19.0 Å². The molecular weight excluding hydrogens is 740 g/mol. The lowest BCUT2D eigenvalue weighted by Gasteiger charge is -2.26. The number of fused-ring (bicyclic) bond motifs is 4. The smallest absolute Gasteiger partial charge is 0.420 e. The van der Waals surface area contributed by atoms with Gasteiger partial charge in [0.1, 0.15) is 18.3 Å². The van der Waals surface area contributed by atoms with E-state index in [2.05, 4.69) is 67.5 Å². The number of anilines is 4. The number of nitrogens with one attached hydrogen (secondary N) is 1. The molecule has 2 aliphatic heterocycles. The van der Waals surface area contributed by atoms with E-state index in [0.717, 1.165) is 44.0 Å². The van der Waals surface area contributed by atoms with Gasteiger partial charge in [-0.2, -0.15) is 20.4 Å². The average molecular weight is 770 g/mol. The van der Waals surface area contributed by atoms with Crippen molar-refractivity contribution >= 4 is 72.3 Å². The topological polar surface area (TPSA) is 156 Å². The largest absolute Gasteiger partial charge is 0.443 e. The van der Waals surface area contributed by atoms with Crippen molar-refractivity contribution in [2.24, 2.45) is 0 Å². The summed E-state index contributed by atoms with van der Waals surface area (Å²) in [5.74, 6) is 1.24. The van der Waals surface area contributed by atoms with E-state index in [1.807, 2.05) is 54.5 Å². The van der Waals surface area contributed by atoms with Crippen molar-refractivity contribution in [1.82, 2.24) is 48.8 Å². The summed E-state index contributed by atoms with van der Waals surface area (Å²) < 4.78 is 25.3. The molecular formula is C29H30Br2N12O4. The van der Waals surface area contributed by atoms with Gasteiger partial charge in [0, 0.05) is 33.5 Å². The molecule has 18 heteroatoms. The molecule has 0 bridgehead atoms. The highest BCUT2D eigenvalue weighted by molar-refractivity contribution is 9.10. The third-order valence-corrected chi connectivity index (χ3v) is 7.95. The van der Waals surface area contributed by atoms with E-state index in [0.29, 0.717) is 50.1 Å². The first-order valence-corrected chi connectivity index (χ1v) is 16.3. The van der Waals surface area contributed by atoms with Gasteiger partial charge in [0.25, 0.3) is 0 Å². The number of nitrogens with zero attached hydrogens (tertiary/aromatic N) is 11. The normalized spacial score (nSPS) is 14.3. The van der Waals surface area contributed by atoms with Gasteiger partial charge >= 0.3 is 6.09 Å². The van der Waals surface area contributed by atoms with Crippen LogP contribution in [0, 0.1) is 0 Å². The number of hydrogen-bond acceptors (Lipinski definition) is 11. The number of ether oxygens (including phenoxy) is 3. The fourth-order valence-electron chi connectivity index (χ4n) is 5.13. The first kappa shape index (κ1) is 31.2. The lowest BCUT2D eigenvalue weighted by Crippen LogP contribution is -2.34. The van der Waals surface area contributed by atoms with Crippen LogP contribution in [-0.2, 0) is 40.5 Å². The zero-order valence-corrected chi connectivity index (χ0v) is 28.8. The van der Waals surface area contributed by atoms with Crippen molar-refractivity contribution in [1.29, 1.82) is 0 Å². The molecule has 16 nitrogen and oxygen atoms in total. The Bertz CT molecular complexity index is 2030. The highest BCUT2D eigenvalue weighted by Crippen LogP contribution is 2.33. The molecule has 1 amide bonds. The summed E-state index contributed by atoms with van der Waals surface area (Å²) in [6.07, 6.45) is 6.05. The molecule has 0 saturated carbocycles. The fraction of sp³-hybridized carbons (Fsp3) is 0.345. The van der Waals surface area contributed by atoms with Gasteiger partial charge < -0.3 is 19.5 Å². The fourth-order valence-corrected chi connectivity index (χ4v) is 5.96. The SMILES string of the molecule is Brc1cc(Nc2cc3n(n2)CCOC3)c2ncnn2c1.CC(C)(C)OC(=O)N(c1cc2n(n1)CCOC2)c1cc(Br)cn2ncnc12. The predicted molar refractivity (Wildman–Crippen MR) is 177 cm³/mol. The van der Waals surface area contributed by atoms with E-state index >= 15 is 0 Å². The summed E-state index contributed by atoms with van der Waals surface area (Å²) in [5, 5.41) is 20.7. The zero-order valence-electron chi connectivity index (χ0n) is 25.7. The van der Waals surface area contributed by atoms with Gasteiger partial charge in [0.05, 0.1) is 62.3 Å². The number of carbonyl (C=O) groups is 1. The Kier molecular flexibility index (Phi) is 8.41. The third kappa shape index (κ3) is 6.71. The lowest BCUT2D eigenvalue weighted by molar-refractivity contribution is 0.0598. The number of aromatic nitrogens is 10. The van der Waals surface area contributed by atoms with Gasteiger partial charge in [-0.05, 0) is 64.8 Å². The molecule has 6 aromatic rings. The van der Waals surface area contributed by atoms with Gasteiger partial charge in [-0.15, -0.1) is 0 Å². The summed E-state index contributed by atoms with van der Waals surface area (Å²) in [6.45, 7) is 9.24. The molecule has 0 radical (unpaired) electrons. The van der Waals surface area contributed by atoms with E-state index in [4.69, 9.17) is 14.2 Å². The third-order valence-electron chi connectivity index (χ3n) is 7.08. The van der Waals surface area contributed by atoms with Crippen LogP contribution in [0.2, 0.25) is 0 Å². The van der Waals surface area contributed by atoms with Gasteiger partial charge in [-0.1, -0.05) is 0 Å². The molecule has 8 rings (SSSR count). The molecule has 1 N–H and O–H groups in total. The minimum Gasteiger partial charge on any atom is -0.443 e. The van der Waals surface area contributed by atoms with Crippen LogP contribution in [0.15, 0.2) is 58.3 Å². The van der Waals surface area contributed by atoms with Crippen molar-refractivity contribution in [2.75, 3.05) is 23.4 Å². The summed E-state index contributed by atoms with van der Waals surface area (Å²) >= 11 is 6.93. The number of halogens is 2. The van der Waals surface area contributed by atoms with Crippen molar-refractivity contribution in [3.8, 4) is 0 Å². The first-order chi connectivity index (χ1) is 22.6. The maximum atomic E-state index is 13.1. The van der Waals surface area contributed by atoms with Gasteiger partial charge in [-0.3, -0.25) is 9.36 Å². The van der Waals surface area contributed by atoms with Crippen LogP contribution in [0.25, 0.3) is 11.3 Å². The van der Waals surface area contributed by atoms with Crippen LogP contribution in [0.1, 0.15) is 32.2 Å². The highest BCUT2D eigenvalue weighted by atomic mass is 79.9. The quantitative estimate of drug-likeness (QED) is 0.250. The van der Waals surface area contributed by atoms with E-state index in [9.17, 15) is 4.79 Å². The van der Waals surface area contributed by atoms with Crippen LogP contribution >= 0.6 is 31.9 Å². The molecule has 8 heterocycles. The Morgan fingerprint density at radius 3 is 2.15 bits per heavy atom. The first-order valence-electron chi connectivity index (χ1n) is 14.7. The van der Waals surface area contributed by atoms with E-state index in [1.54, 1.807) is 21.3 Å². The summed E-state index contributed by atoms with van der Waals surface area (Å²) in [5.41, 5.74) is 3.97. The Labute approximate surface area is 284 Å². The minimum absolute atomic E-state index is 0.452. The summed E-state index contributed by atoms with van der Waals surface area (Å²) in [7, 11) is 0. The maximum absolute atomic E-state index is 13.1. The molecule has 6 aromatic heterocycles.